The molecule has 152 valence electrons. The van der Waals surface area contributed by atoms with E-state index >= 15 is 0 Å². The van der Waals surface area contributed by atoms with Crippen molar-refractivity contribution in [3.63, 3.8) is 0 Å². The summed E-state index contributed by atoms with van der Waals surface area (Å²) in [7, 11) is -2.22. The lowest BCUT2D eigenvalue weighted by Crippen LogP contribution is -2.30. The summed E-state index contributed by atoms with van der Waals surface area (Å²) in [6.45, 7) is 9.79. The van der Waals surface area contributed by atoms with Crippen LogP contribution in [0.4, 0.5) is 5.69 Å². The number of amides is 1. The minimum atomic E-state index is -3.69. The number of anilines is 1. The van der Waals surface area contributed by atoms with Crippen LogP contribution in [0.15, 0.2) is 47.4 Å². The molecular weight excluding hydrogens is 376 g/mol. The van der Waals surface area contributed by atoms with Gasteiger partial charge in [0.1, 0.15) is 5.75 Å². The van der Waals surface area contributed by atoms with E-state index in [1.807, 2.05) is 12.1 Å². The molecule has 0 aliphatic heterocycles. The summed E-state index contributed by atoms with van der Waals surface area (Å²) in [6, 6.07) is 11.5. The van der Waals surface area contributed by atoms with Gasteiger partial charge in [0.2, 0.25) is 10.0 Å². The van der Waals surface area contributed by atoms with Gasteiger partial charge in [0.15, 0.2) is 0 Å². The minimum absolute atomic E-state index is 0.00959. The Hall–Kier alpha value is -2.38. The fraction of sp³-hybridized carbons (Fsp3) is 0.381. The highest BCUT2D eigenvalue weighted by Crippen LogP contribution is 2.28. The first-order valence-electron chi connectivity index (χ1n) is 9.06. The lowest BCUT2D eigenvalue weighted by molar-refractivity contribution is 0.102. The summed E-state index contributed by atoms with van der Waals surface area (Å²) < 4.78 is 32.6. The predicted molar refractivity (Wildman–Crippen MR) is 112 cm³/mol. The maximum absolute atomic E-state index is 12.7. The van der Waals surface area contributed by atoms with E-state index < -0.39 is 10.0 Å². The fourth-order valence-electron chi connectivity index (χ4n) is 2.65. The van der Waals surface area contributed by atoms with Crippen molar-refractivity contribution in [3.8, 4) is 5.75 Å². The van der Waals surface area contributed by atoms with Gasteiger partial charge in [-0.05, 0) is 55.2 Å². The Labute approximate surface area is 167 Å². The second-order valence-corrected chi connectivity index (χ2v) is 9.63. The van der Waals surface area contributed by atoms with Crippen molar-refractivity contribution < 1.29 is 17.9 Å². The maximum Gasteiger partial charge on any atom is 0.255 e. The number of carbonyl (C=O) groups is 1. The molecule has 0 aliphatic carbocycles. The second kappa shape index (κ2) is 8.32. The van der Waals surface area contributed by atoms with Gasteiger partial charge in [0.25, 0.3) is 5.91 Å². The second-order valence-electron chi connectivity index (χ2n) is 7.92. The van der Waals surface area contributed by atoms with Gasteiger partial charge < -0.3 is 10.1 Å². The Morgan fingerprint density at radius 2 is 1.64 bits per heavy atom. The third kappa shape index (κ3) is 5.33. The first kappa shape index (κ1) is 21.9. The molecule has 0 fully saturated rings. The Balaban J connectivity index is 2.31. The molecule has 2 N–H and O–H groups in total. The number of hydrogen-bond acceptors (Lipinski definition) is 4. The normalized spacial score (nSPS) is 12.1. The first-order chi connectivity index (χ1) is 12.9. The van der Waals surface area contributed by atoms with E-state index in [0.717, 1.165) is 5.56 Å². The standard InChI is InChI=1S/C21H28N2O4S/c1-14(2)23-28(25,26)17-11-12-19(27-6)18(13-17)22-20(24)15-7-9-16(10-8-15)21(3,4)5/h7-14,23H,1-6H3,(H,22,24). The fourth-order valence-corrected chi connectivity index (χ4v) is 3.92. The Kier molecular flexibility index (Phi) is 6.52. The van der Waals surface area contributed by atoms with Gasteiger partial charge in [-0.15, -0.1) is 0 Å². The van der Waals surface area contributed by atoms with Crippen LogP contribution in [0.2, 0.25) is 0 Å². The number of benzene rings is 2. The van der Waals surface area contributed by atoms with Crippen molar-refractivity contribution in [2.45, 2.75) is 51.0 Å². The molecule has 0 bridgehead atoms. The lowest BCUT2D eigenvalue weighted by Gasteiger charge is -2.19. The van der Waals surface area contributed by atoms with Gasteiger partial charge in [0.05, 0.1) is 17.7 Å². The molecule has 1 amide bonds. The van der Waals surface area contributed by atoms with Crippen molar-refractivity contribution in [1.82, 2.24) is 4.72 Å². The highest BCUT2D eigenvalue weighted by molar-refractivity contribution is 7.89. The molecule has 2 rings (SSSR count). The van der Waals surface area contributed by atoms with E-state index in [2.05, 4.69) is 30.8 Å². The van der Waals surface area contributed by atoms with Crippen LogP contribution in [0.3, 0.4) is 0 Å². The van der Waals surface area contributed by atoms with Crippen LogP contribution in [0.1, 0.15) is 50.5 Å². The zero-order valence-corrected chi connectivity index (χ0v) is 18.0. The van der Waals surface area contributed by atoms with Crippen molar-refractivity contribution >= 4 is 21.6 Å². The van der Waals surface area contributed by atoms with E-state index in [4.69, 9.17) is 4.74 Å². The largest absolute Gasteiger partial charge is 0.495 e. The summed E-state index contributed by atoms with van der Waals surface area (Å²) in [5.74, 6) is 0.0354. The quantitative estimate of drug-likeness (QED) is 0.764. The Morgan fingerprint density at radius 3 is 2.14 bits per heavy atom. The highest BCUT2D eigenvalue weighted by Gasteiger charge is 2.19. The van der Waals surface area contributed by atoms with Crippen LogP contribution in [-0.4, -0.2) is 27.5 Å². The van der Waals surface area contributed by atoms with Gasteiger partial charge in [-0.1, -0.05) is 32.9 Å². The molecule has 2 aromatic rings. The van der Waals surface area contributed by atoms with Gasteiger partial charge in [-0.2, -0.15) is 0 Å². The molecule has 28 heavy (non-hydrogen) atoms. The average molecular weight is 405 g/mol. The highest BCUT2D eigenvalue weighted by atomic mass is 32.2. The molecule has 7 heteroatoms. The van der Waals surface area contributed by atoms with Crippen LogP contribution in [-0.2, 0) is 15.4 Å². The molecular formula is C21H28N2O4S. The zero-order chi connectivity index (χ0) is 21.1. The predicted octanol–water partition coefficient (Wildman–Crippen LogP) is 3.93. The zero-order valence-electron chi connectivity index (χ0n) is 17.2. The molecule has 0 saturated heterocycles. The van der Waals surface area contributed by atoms with Gasteiger partial charge >= 0.3 is 0 Å². The maximum atomic E-state index is 12.7. The molecule has 0 saturated carbocycles. The number of ether oxygens (including phenoxy) is 1. The minimum Gasteiger partial charge on any atom is -0.495 e. The van der Waals surface area contributed by atoms with Crippen LogP contribution in [0, 0.1) is 0 Å². The molecule has 0 unspecified atom stereocenters. The number of hydrogen-bond donors (Lipinski definition) is 2. The Morgan fingerprint density at radius 1 is 1.04 bits per heavy atom. The topological polar surface area (TPSA) is 84.5 Å². The number of rotatable bonds is 6. The van der Waals surface area contributed by atoms with E-state index in [1.54, 1.807) is 26.0 Å². The van der Waals surface area contributed by atoms with E-state index in [0.29, 0.717) is 17.0 Å². The summed E-state index contributed by atoms with van der Waals surface area (Å²) in [4.78, 5) is 12.7. The lowest BCUT2D eigenvalue weighted by atomic mass is 9.87. The smallest absolute Gasteiger partial charge is 0.255 e. The molecule has 2 aromatic carbocycles. The van der Waals surface area contributed by atoms with E-state index in [9.17, 15) is 13.2 Å². The molecule has 0 spiro atoms. The summed E-state index contributed by atoms with van der Waals surface area (Å²) in [6.07, 6.45) is 0. The number of sulfonamides is 1. The van der Waals surface area contributed by atoms with Gasteiger partial charge in [0, 0.05) is 11.6 Å². The number of carbonyl (C=O) groups excluding carboxylic acids is 1. The van der Waals surface area contributed by atoms with Crippen molar-refractivity contribution in [3.05, 3.63) is 53.6 Å². The van der Waals surface area contributed by atoms with Crippen LogP contribution < -0.4 is 14.8 Å². The Bertz CT molecular complexity index is 943. The summed E-state index contributed by atoms with van der Waals surface area (Å²) in [5, 5.41) is 2.75. The molecule has 0 aliphatic rings. The third-order valence-electron chi connectivity index (χ3n) is 4.13. The van der Waals surface area contributed by atoms with Crippen LogP contribution >= 0.6 is 0 Å². The first-order valence-corrected chi connectivity index (χ1v) is 10.5. The van der Waals surface area contributed by atoms with E-state index in [-0.39, 0.29) is 22.3 Å². The monoisotopic (exact) mass is 404 g/mol. The molecule has 0 aromatic heterocycles. The van der Waals surface area contributed by atoms with Gasteiger partial charge in [-0.3, -0.25) is 4.79 Å². The summed E-state index contributed by atoms with van der Waals surface area (Å²) in [5.41, 5.74) is 1.88. The molecule has 0 atom stereocenters. The third-order valence-corrected chi connectivity index (χ3v) is 5.79. The molecule has 0 heterocycles. The van der Waals surface area contributed by atoms with Crippen molar-refractivity contribution in [2.24, 2.45) is 0 Å². The number of nitrogens with one attached hydrogen (secondary N) is 2. The van der Waals surface area contributed by atoms with E-state index in [1.165, 1.54) is 25.3 Å². The molecule has 6 nitrogen and oxygen atoms in total. The van der Waals surface area contributed by atoms with Crippen molar-refractivity contribution in [1.29, 1.82) is 0 Å². The molecule has 0 radical (unpaired) electrons. The van der Waals surface area contributed by atoms with Crippen LogP contribution in [0.5, 0.6) is 5.75 Å². The van der Waals surface area contributed by atoms with Gasteiger partial charge in [-0.25, -0.2) is 13.1 Å². The summed E-state index contributed by atoms with van der Waals surface area (Å²) >= 11 is 0. The SMILES string of the molecule is COc1ccc(S(=O)(=O)NC(C)C)cc1NC(=O)c1ccc(C(C)(C)C)cc1. The number of methoxy groups -OCH3 is 1. The van der Waals surface area contributed by atoms with Crippen LogP contribution in [0.25, 0.3) is 0 Å². The average Bonchev–Trinajstić information content (AvgIpc) is 2.60. The van der Waals surface area contributed by atoms with Crippen molar-refractivity contribution in [2.75, 3.05) is 12.4 Å².